The first-order valence-electron chi connectivity index (χ1n) is 5.89. The molecule has 2 heterocycles. The van der Waals surface area contributed by atoms with Crippen LogP contribution in [0.4, 0.5) is 0 Å². The van der Waals surface area contributed by atoms with E-state index < -0.39 is 10.0 Å². The lowest BCUT2D eigenvalue weighted by Crippen LogP contribution is -2.34. The molecule has 5 nitrogen and oxygen atoms in total. The van der Waals surface area contributed by atoms with Crippen molar-refractivity contribution < 1.29 is 8.42 Å². The maximum absolute atomic E-state index is 11.5. The van der Waals surface area contributed by atoms with Crippen LogP contribution < -0.4 is 10.5 Å². The van der Waals surface area contributed by atoms with Crippen LogP contribution in [0.3, 0.4) is 0 Å². The molecule has 0 aliphatic carbocycles. The molecule has 0 radical (unpaired) electrons. The first-order chi connectivity index (χ1) is 8.95. The quantitative estimate of drug-likeness (QED) is 0.636. The molecule has 1 aliphatic heterocycles. The molecule has 3 N–H and O–H groups in total. The largest absolute Gasteiger partial charge is 0.309 e. The van der Waals surface area contributed by atoms with Gasteiger partial charge in [-0.25, -0.2) is 17.9 Å². The molecule has 19 heavy (non-hydrogen) atoms. The Bertz CT molecular complexity index is 568. The minimum Gasteiger partial charge on any atom is -0.309 e. The van der Waals surface area contributed by atoms with Gasteiger partial charge in [0, 0.05) is 19.1 Å². The Kier molecular flexibility index (Phi) is 4.70. The predicted octanol–water partition coefficient (Wildman–Crippen LogP) is 1.55. The number of nitrogens with zero attached hydrogens (tertiary/aromatic N) is 1. The molecule has 1 atom stereocenters. The topological polar surface area (TPSA) is 75.4 Å². The number of thiophene rings is 1. The third-order valence-electron chi connectivity index (χ3n) is 2.74. The van der Waals surface area contributed by atoms with Crippen LogP contribution in [0, 0.1) is 0 Å². The van der Waals surface area contributed by atoms with Crippen LogP contribution in [0.1, 0.15) is 18.5 Å². The molecule has 0 aromatic carbocycles. The van der Waals surface area contributed by atoms with Crippen LogP contribution in [-0.2, 0) is 10.0 Å². The average Bonchev–Trinajstić information content (AvgIpc) is 2.73. The molecule has 0 fully saturated rings. The monoisotopic (exact) mass is 319 g/mol. The highest BCUT2D eigenvalue weighted by Crippen LogP contribution is 2.43. The van der Waals surface area contributed by atoms with Gasteiger partial charge in [-0.15, -0.1) is 17.9 Å². The molecule has 1 aromatic heterocycles. The second kappa shape index (κ2) is 5.94. The van der Waals surface area contributed by atoms with Crippen molar-refractivity contribution in [2.24, 2.45) is 5.14 Å². The van der Waals surface area contributed by atoms with Crippen LogP contribution in [0.5, 0.6) is 0 Å². The molecule has 0 saturated carbocycles. The summed E-state index contributed by atoms with van der Waals surface area (Å²) in [5.41, 5.74) is 1.03. The Morgan fingerprint density at radius 3 is 3.00 bits per heavy atom. The van der Waals surface area contributed by atoms with Crippen molar-refractivity contribution in [1.29, 1.82) is 0 Å². The first kappa shape index (κ1) is 15.0. The third-order valence-corrected chi connectivity index (χ3v) is 6.54. The summed E-state index contributed by atoms with van der Waals surface area (Å²) in [6, 6.07) is 1.83. The minimum atomic E-state index is -3.63. The highest BCUT2D eigenvalue weighted by atomic mass is 32.3. The summed E-state index contributed by atoms with van der Waals surface area (Å²) < 4.78 is 26.3. The molecule has 0 saturated heterocycles. The summed E-state index contributed by atoms with van der Waals surface area (Å²) in [7, 11) is -3.63. The van der Waals surface area contributed by atoms with Crippen molar-refractivity contribution in [2.75, 3.05) is 19.6 Å². The average molecular weight is 319 g/mol. The van der Waals surface area contributed by atoms with Crippen molar-refractivity contribution in [2.45, 2.75) is 21.4 Å². The van der Waals surface area contributed by atoms with Crippen LogP contribution in [0.25, 0.3) is 0 Å². The van der Waals surface area contributed by atoms with E-state index in [0.717, 1.165) is 29.4 Å². The van der Waals surface area contributed by atoms with Crippen LogP contribution in [0.2, 0.25) is 0 Å². The maximum atomic E-state index is 11.5. The zero-order valence-corrected chi connectivity index (χ0v) is 13.1. The van der Waals surface area contributed by atoms with E-state index in [1.165, 1.54) is 11.3 Å². The van der Waals surface area contributed by atoms with E-state index in [0.29, 0.717) is 0 Å². The SMILES string of the molecule is C=CCN1CC(NCC)c2cc(S(N)(=O)=O)sc2S1. The normalized spacial score (nSPS) is 20.2. The number of sulfonamides is 1. The van der Waals surface area contributed by atoms with E-state index in [1.54, 1.807) is 18.0 Å². The molecule has 0 spiro atoms. The summed E-state index contributed by atoms with van der Waals surface area (Å²) in [5.74, 6) is 0. The van der Waals surface area contributed by atoms with E-state index in [9.17, 15) is 8.42 Å². The lowest BCUT2D eigenvalue weighted by atomic mass is 10.1. The van der Waals surface area contributed by atoms with Crippen molar-refractivity contribution in [3.05, 3.63) is 24.3 Å². The second-order valence-corrected chi connectivity index (χ2v) is 8.40. The smallest absolute Gasteiger partial charge is 0.247 e. The van der Waals surface area contributed by atoms with Gasteiger partial charge in [0.05, 0.1) is 4.21 Å². The number of primary sulfonamides is 1. The van der Waals surface area contributed by atoms with Crippen LogP contribution in [-0.4, -0.2) is 32.4 Å². The molecule has 106 valence electrons. The first-order valence-corrected chi connectivity index (χ1v) is 9.03. The standard InChI is InChI=1S/C11H17N3O2S3/c1-3-5-14-7-9(13-4-2)8-6-10(19(12,15)16)17-11(8)18-14/h3,6,9,13H,1,4-5,7H2,2H3,(H2,12,15,16). The van der Waals surface area contributed by atoms with Gasteiger partial charge in [0.25, 0.3) is 0 Å². The number of likely N-dealkylation sites (N-methyl/N-ethyl adjacent to an activating group) is 1. The molecule has 1 unspecified atom stereocenters. The molecule has 1 aromatic rings. The van der Waals surface area contributed by atoms with E-state index >= 15 is 0 Å². The summed E-state index contributed by atoms with van der Waals surface area (Å²) in [6.45, 7) is 8.18. The summed E-state index contributed by atoms with van der Waals surface area (Å²) in [5, 5.41) is 8.58. The Hall–Kier alpha value is -0.380. The minimum absolute atomic E-state index is 0.132. The lowest BCUT2D eigenvalue weighted by Gasteiger charge is -2.31. The summed E-state index contributed by atoms with van der Waals surface area (Å²) in [4.78, 5) is 0. The van der Waals surface area contributed by atoms with Gasteiger partial charge in [-0.1, -0.05) is 13.0 Å². The number of hydrogen-bond acceptors (Lipinski definition) is 6. The molecule has 8 heteroatoms. The molecule has 0 bridgehead atoms. The van der Waals surface area contributed by atoms with Gasteiger partial charge in [0.15, 0.2) is 0 Å². The van der Waals surface area contributed by atoms with E-state index in [1.807, 2.05) is 13.0 Å². The molecule has 1 aliphatic rings. The van der Waals surface area contributed by atoms with Crippen LogP contribution in [0.15, 0.2) is 27.1 Å². The summed E-state index contributed by atoms with van der Waals surface area (Å²) in [6.07, 6.45) is 1.84. The Labute approximate surface area is 122 Å². The predicted molar refractivity (Wildman–Crippen MR) is 79.7 cm³/mol. The van der Waals surface area contributed by atoms with Gasteiger partial charge < -0.3 is 5.32 Å². The van der Waals surface area contributed by atoms with Gasteiger partial charge >= 0.3 is 0 Å². The van der Waals surface area contributed by atoms with Crippen molar-refractivity contribution in [3.63, 3.8) is 0 Å². The second-order valence-electron chi connectivity index (χ2n) is 4.19. The number of hydrogen-bond donors (Lipinski definition) is 2. The number of rotatable bonds is 5. The molecule has 0 amide bonds. The van der Waals surface area contributed by atoms with Crippen molar-refractivity contribution in [1.82, 2.24) is 9.62 Å². The molecular formula is C11H17N3O2S3. The van der Waals surface area contributed by atoms with Crippen molar-refractivity contribution in [3.8, 4) is 0 Å². The Balaban J connectivity index is 2.36. The van der Waals surface area contributed by atoms with Crippen molar-refractivity contribution >= 4 is 33.3 Å². The fraction of sp³-hybridized carbons (Fsp3) is 0.455. The van der Waals surface area contributed by atoms with E-state index in [-0.39, 0.29) is 10.3 Å². The number of nitrogens with one attached hydrogen (secondary N) is 1. The number of nitrogens with two attached hydrogens (primary N) is 1. The summed E-state index contributed by atoms with van der Waals surface area (Å²) >= 11 is 2.80. The fourth-order valence-corrected chi connectivity index (χ4v) is 5.48. The van der Waals surface area contributed by atoms with Gasteiger partial charge in [0.2, 0.25) is 10.0 Å². The van der Waals surface area contributed by atoms with E-state index in [4.69, 9.17) is 5.14 Å². The zero-order chi connectivity index (χ0) is 14.0. The number of fused-ring (bicyclic) bond motifs is 1. The highest BCUT2D eigenvalue weighted by Gasteiger charge is 2.29. The lowest BCUT2D eigenvalue weighted by molar-refractivity contribution is 0.404. The fourth-order valence-electron chi connectivity index (χ4n) is 1.95. The maximum Gasteiger partial charge on any atom is 0.247 e. The Morgan fingerprint density at radius 2 is 2.42 bits per heavy atom. The third kappa shape index (κ3) is 3.39. The highest BCUT2D eigenvalue weighted by molar-refractivity contribution is 7.99. The Morgan fingerprint density at radius 1 is 1.68 bits per heavy atom. The van der Waals surface area contributed by atoms with Gasteiger partial charge in [-0.05, 0) is 30.1 Å². The zero-order valence-electron chi connectivity index (χ0n) is 10.6. The van der Waals surface area contributed by atoms with E-state index in [2.05, 4.69) is 16.2 Å². The van der Waals surface area contributed by atoms with Gasteiger partial charge in [-0.2, -0.15) is 0 Å². The van der Waals surface area contributed by atoms with Gasteiger partial charge in [-0.3, -0.25) is 0 Å². The van der Waals surface area contributed by atoms with Crippen LogP contribution >= 0.6 is 23.3 Å². The molecule has 2 rings (SSSR count). The molecular weight excluding hydrogens is 302 g/mol. The van der Waals surface area contributed by atoms with Gasteiger partial charge in [0.1, 0.15) is 4.21 Å².